The predicted molar refractivity (Wildman–Crippen MR) is 165 cm³/mol. The van der Waals surface area contributed by atoms with Crippen molar-refractivity contribution in [1.82, 2.24) is 14.7 Å². The van der Waals surface area contributed by atoms with Gasteiger partial charge in [0.2, 0.25) is 5.75 Å². The third kappa shape index (κ3) is 7.15. The normalized spacial score (nSPS) is 13.1. The van der Waals surface area contributed by atoms with Crippen LogP contribution in [0.3, 0.4) is 0 Å². The molecular formula is C31H32FN5O5S. The third-order valence-corrected chi connectivity index (χ3v) is 7.78. The molecule has 1 aliphatic heterocycles. The first kappa shape index (κ1) is 30.1. The minimum absolute atomic E-state index is 0.0126. The average Bonchev–Trinajstić information content (AvgIpc) is 3.04. The van der Waals surface area contributed by atoms with Crippen LogP contribution in [0.5, 0.6) is 5.75 Å². The summed E-state index contributed by atoms with van der Waals surface area (Å²) in [6, 6.07) is 16.8. The van der Waals surface area contributed by atoms with Crippen molar-refractivity contribution in [2.45, 2.75) is 13.0 Å². The maximum Gasteiger partial charge on any atom is 0.301 e. The number of carbonyl (C=O) groups excluding carboxylic acids is 2. The Morgan fingerprint density at radius 1 is 1.09 bits per heavy atom. The van der Waals surface area contributed by atoms with E-state index in [0.29, 0.717) is 37.6 Å². The molecule has 1 amide bonds. The number of ketones is 1. The summed E-state index contributed by atoms with van der Waals surface area (Å²) in [5.74, 6) is -1.63. The Kier molecular flexibility index (Phi) is 9.58. The molecule has 1 saturated heterocycles. The molecule has 1 N–H and O–H groups in total. The molecule has 0 spiro atoms. The lowest BCUT2D eigenvalue weighted by Gasteiger charge is -2.30. The fourth-order valence-corrected chi connectivity index (χ4v) is 5.02. The zero-order valence-electron chi connectivity index (χ0n) is 23.9. The Bertz CT molecular complexity index is 1660. The second-order valence-corrected chi connectivity index (χ2v) is 10.9. The van der Waals surface area contributed by atoms with Crippen molar-refractivity contribution in [3.8, 4) is 5.75 Å². The summed E-state index contributed by atoms with van der Waals surface area (Å²) in [6.45, 7) is 2.21. The van der Waals surface area contributed by atoms with E-state index in [0.717, 1.165) is 11.3 Å². The first-order valence-electron chi connectivity index (χ1n) is 13.8. The van der Waals surface area contributed by atoms with E-state index < -0.39 is 17.3 Å². The fourth-order valence-electron chi connectivity index (χ4n) is 4.69. The summed E-state index contributed by atoms with van der Waals surface area (Å²) >= 11 is 1.43. The molecule has 0 radical (unpaired) electrons. The number of nitrogens with one attached hydrogen (secondary N) is 1. The summed E-state index contributed by atoms with van der Waals surface area (Å²) in [7, 11) is 1.85. The van der Waals surface area contributed by atoms with Crippen LogP contribution in [-0.2, 0) is 22.6 Å². The van der Waals surface area contributed by atoms with Gasteiger partial charge in [-0.05, 0) is 29.3 Å². The number of benzene rings is 2. The lowest BCUT2D eigenvalue weighted by molar-refractivity contribution is -0.117. The van der Waals surface area contributed by atoms with E-state index in [9.17, 15) is 18.8 Å². The Morgan fingerprint density at radius 3 is 2.51 bits per heavy atom. The minimum Gasteiger partial charge on any atom is -0.481 e. The van der Waals surface area contributed by atoms with E-state index in [2.05, 4.69) is 15.2 Å². The monoisotopic (exact) mass is 605 g/mol. The van der Waals surface area contributed by atoms with Crippen molar-refractivity contribution in [3.63, 3.8) is 0 Å². The highest BCUT2D eigenvalue weighted by Crippen LogP contribution is 2.30. The lowest BCUT2D eigenvalue weighted by Crippen LogP contribution is -2.37. The minimum atomic E-state index is -0.717. The zero-order chi connectivity index (χ0) is 30.3. The van der Waals surface area contributed by atoms with Gasteiger partial charge in [-0.15, -0.1) is 0 Å². The average molecular weight is 606 g/mol. The van der Waals surface area contributed by atoms with Crippen LogP contribution in [0.4, 0.5) is 15.8 Å². The number of aromatic nitrogens is 2. The summed E-state index contributed by atoms with van der Waals surface area (Å²) in [4.78, 5) is 46.9. The van der Waals surface area contributed by atoms with E-state index in [1.54, 1.807) is 6.20 Å². The number of halogens is 1. The van der Waals surface area contributed by atoms with E-state index in [1.165, 1.54) is 40.6 Å². The lowest BCUT2D eigenvalue weighted by atomic mass is 10.1. The molecule has 224 valence electrons. The molecule has 1 aliphatic rings. The van der Waals surface area contributed by atoms with Crippen molar-refractivity contribution in [2.75, 3.05) is 55.4 Å². The molecule has 43 heavy (non-hydrogen) atoms. The summed E-state index contributed by atoms with van der Waals surface area (Å²) < 4.78 is 28.0. The number of ether oxygens (including phenoxy) is 2. The summed E-state index contributed by atoms with van der Waals surface area (Å²) in [6.07, 6.45) is 3.61. The Morgan fingerprint density at radius 2 is 1.81 bits per heavy atom. The van der Waals surface area contributed by atoms with Gasteiger partial charge >= 0.3 is 5.56 Å². The first-order valence-corrected chi connectivity index (χ1v) is 14.9. The van der Waals surface area contributed by atoms with E-state index in [1.807, 2.05) is 54.0 Å². The van der Waals surface area contributed by atoms with Crippen molar-refractivity contribution >= 4 is 40.7 Å². The maximum absolute atomic E-state index is 14.0. The van der Waals surface area contributed by atoms with Gasteiger partial charge < -0.3 is 24.0 Å². The molecule has 2 aromatic carbocycles. The molecule has 10 nitrogen and oxygen atoms in total. The van der Waals surface area contributed by atoms with Crippen LogP contribution in [0.2, 0.25) is 0 Å². The second kappa shape index (κ2) is 13.7. The Balaban J connectivity index is 1.52. The number of hydrogen-bond donors (Lipinski definition) is 1. The van der Waals surface area contributed by atoms with Crippen LogP contribution in [0, 0.1) is 5.82 Å². The third-order valence-electron chi connectivity index (χ3n) is 7.04. The van der Waals surface area contributed by atoms with Gasteiger partial charge in [0.1, 0.15) is 12.4 Å². The van der Waals surface area contributed by atoms with Crippen LogP contribution >= 0.6 is 11.9 Å². The predicted octanol–water partition coefficient (Wildman–Crippen LogP) is 3.51. The van der Waals surface area contributed by atoms with Crippen molar-refractivity contribution in [1.29, 1.82) is 0 Å². The number of carbonyl (C=O) groups is 2. The molecule has 12 heteroatoms. The van der Waals surface area contributed by atoms with Crippen molar-refractivity contribution < 1.29 is 23.5 Å². The molecule has 5 rings (SSSR count). The molecule has 0 aliphatic carbocycles. The van der Waals surface area contributed by atoms with Crippen LogP contribution in [0.15, 0.2) is 71.7 Å². The zero-order valence-corrected chi connectivity index (χ0v) is 24.7. The highest BCUT2D eigenvalue weighted by molar-refractivity contribution is 7.99. The number of morpholine rings is 1. The number of anilines is 2. The van der Waals surface area contributed by atoms with E-state index in [4.69, 9.17) is 9.47 Å². The van der Waals surface area contributed by atoms with Gasteiger partial charge in [0.05, 0.1) is 31.1 Å². The quantitative estimate of drug-likeness (QED) is 0.257. The van der Waals surface area contributed by atoms with Gasteiger partial charge in [-0.3, -0.25) is 18.8 Å². The van der Waals surface area contributed by atoms with Gasteiger partial charge in [0.15, 0.2) is 17.1 Å². The van der Waals surface area contributed by atoms with Gasteiger partial charge in [-0.2, -0.15) is 0 Å². The molecule has 3 heterocycles. The Hall–Kier alpha value is -4.42. The molecule has 4 aromatic rings. The van der Waals surface area contributed by atoms with E-state index >= 15 is 0 Å². The number of hydrogen-bond acceptors (Lipinski definition) is 9. The van der Waals surface area contributed by atoms with Crippen LogP contribution in [-0.4, -0.2) is 67.2 Å². The SMILES string of the molecule is CSN(C)c1cc(N2CCOCC2)cn2c(=O)c(OCc3ccccc3)c(C(=O)NCC(=O)Cc3ccc(F)cc3)nc12. The number of fused-ring (bicyclic) bond motifs is 1. The number of Topliss-reactive ketones (excluding diaryl/α,β-unsaturated/α-hetero) is 1. The van der Waals surface area contributed by atoms with Gasteiger partial charge in [0, 0.05) is 39.0 Å². The van der Waals surface area contributed by atoms with Gasteiger partial charge in [0.25, 0.3) is 5.91 Å². The fraction of sp³-hybridized carbons (Fsp3) is 0.290. The second-order valence-electron chi connectivity index (χ2n) is 9.95. The van der Waals surface area contributed by atoms with Gasteiger partial charge in [-0.25, -0.2) is 9.37 Å². The standard InChI is InChI=1S/C31H32FN5O5S/c1-35(43-2)26-17-24(36-12-14-41-15-13-36)19-37-29(26)34-27(28(31(37)40)42-20-22-6-4-3-5-7-22)30(39)33-18-25(38)16-21-8-10-23(32)11-9-21/h3-11,17,19H,12-16,18,20H2,1-2H3,(H,33,39). The number of pyridine rings is 1. The summed E-state index contributed by atoms with van der Waals surface area (Å²) in [5.41, 5.74) is 2.37. The molecule has 0 saturated carbocycles. The molecule has 0 atom stereocenters. The van der Waals surface area contributed by atoms with Crippen molar-refractivity contribution in [2.24, 2.45) is 0 Å². The number of amides is 1. The van der Waals surface area contributed by atoms with Gasteiger partial charge in [-0.1, -0.05) is 54.4 Å². The number of rotatable bonds is 11. The topological polar surface area (TPSA) is 105 Å². The Labute approximate surface area is 252 Å². The smallest absolute Gasteiger partial charge is 0.301 e. The van der Waals surface area contributed by atoms with Crippen LogP contribution < -0.4 is 24.8 Å². The highest BCUT2D eigenvalue weighted by atomic mass is 32.2. The van der Waals surface area contributed by atoms with Crippen molar-refractivity contribution in [3.05, 3.63) is 99.9 Å². The molecule has 0 unspecified atom stereocenters. The molecular weight excluding hydrogens is 573 g/mol. The van der Waals surface area contributed by atoms with Crippen LogP contribution in [0.1, 0.15) is 21.6 Å². The molecule has 2 aromatic heterocycles. The number of nitrogens with zero attached hydrogens (tertiary/aromatic N) is 4. The molecule has 1 fully saturated rings. The van der Waals surface area contributed by atoms with Crippen LogP contribution in [0.25, 0.3) is 5.65 Å². The largest absolute Gasteiger partial charge is 0.481 e. The first-order chi connectivity index (χ1) is 20.8. The molecule has 0 bridgehead atoms. The maximum atomic E-state index is 14.0. The highest BCUT2D eigenvalue weighted by Gasteiger charge is 2.25. The summed E-state index contributed by atoms with van der Waals surface area (Å²) in [5, 5.41) is 2.59. The van der Waals surface area contributed by atoms with E-state index in [-0.39, 0.29) is 42.4 Å².